The SMILES string of the molecule is COc1ccc(CNCc2cc(NC(=O)c3cc(F)cc(C(F)(F)F)c3)c(Oc3cc(F)ccc3Cl)c3c(N)nn(PI)c23)c(OC)c1. The van der Waals surface area contributed by atoms with Crippen LogP contribution >= 0.6 is 40.0 Å². The molecule has 0 aliphatic heterocycles. The third-order valence-electron chi connectivity index (χ3n) is 7.05. The highest BCUT2D eigenvalue weighted by Crippen LogP contribution is 2.46. The van der Waals surface area contributed by atoms with Crippen LogP contribution < -0.4 is 30.6 Å². The van der Waals surface area contributed by atoms with Gasteiger partial charge in [-0.3, -0.25) is 4.79 Å². The maximum Gasteiger partial charge on any atom is 0.416 e. The predicted octanol–water partition coefficient (Wildman–Crippen LogP) is 8.71. The Bertz CT molecular complexity index is 2010. The topological polar surface area (TPSA) is 113 Å². The first kappa shape index (κ1) is 35.4. The largest absolute Gasteiger partial charge is 0.497 e. The normalized spacial score (nSPS) is 11.8. The van der Waals surface area contributed by atoms with Gasteiger partial charge in [0.05, 0.1) is 47.8 Å². The number of rotatable bonds is 11. The van der Waals surface area contributed by atoms with E-state index in [1.54, 1.807) is 16.6 Å². The molecule has 0 aliphatic rings. The highest BCUT2D eigenvalue weighted by atomic mass is 127. The third kappa shape index (κ3) is 7.69. The van der Waals surface area contributed by atoms with Gasteiger partial charge in [0.25, 0.3) is 5.91 Å². The van der Waals surface area contributed by atoms with E-state index in [4.69, 9.17) is 31.5 Å². The van der Waals surface area contributed by atoms with Gasteiger partial charge in [-0.15, -0.1) is 0 Å². The molecule has 252 valence electrons. The molecule has 0 aliphatic carbocycles. The summed E-state index contributed by atoms with van der Waals surface area (Å²) in [5, 5.41) is 10.5. The quantitative estimate of drug-likeness (QED) is 0.0695. The van der Waals surface area contributed by atoms with Crippen molar-refractivity contribution < 1.29 is 41.0 Å². The van der Waals surface area contributed by atoms with E-state index in [9.17, 15) is 26.7 Å². The lowest BCUT2D eigenvalue weighted by Gasteiger charge is -2.18. The number of carbonyl (C=O) groups excluding carboxylic acids is 1. The van der Waals surface area contributed by atoms with E-state index in [2.05, 4.69) is 37.8 Å². The van der Waals surface area contributed by atoms with Crippen LogP contribution in [0.2, 0.25) is 5.02 Å². The van der Waals surface area contributed by atoms with Crippen LogP contribution in [-0.4, -0.2) is 29.7 Å². The number of anilines is 2. The summed E-state index contributed by atoms with van der Waals surface area (Å²) in [6.45, 7) is 0.493. The number of nitrogens with one attached hydrogen (secondary N) is 2. The van der Waals surface area contributed by atoms with E-state index in [0.29, 0.717) is 41.3 Å². The molecule has 5 rings (SSSR count). The molecule has 5 aromatic rings. The van der Waals surface area contributed by atoms with Crippen LogP contribution in [0, 0.1) is 11.6 Å². The molecule has 17 heteroatoms. The van der Waals surface area contributed by atoms with Crippen molar-refractivity contribution in [2.45, 2.75) is 19.3 Å². The van der Waals surface area contributed by atoms with E-state index >= 15 is 0 Å². The van der Waals surface area contributed by atoms with Gasteiger partial charge in [0, 0.05) is 36.3 Å². The molecule has 0 spiro atoms. The van der Waals surface area contributed by atoms with Gasteiger partial charge in [-0.1, -0.05) is 17.7 Å². The number of carbonyl (C=O) groups is 1. The summed E-state index contributed by atoms with van der Waals surface area (Å²) in [5.74, 6) is -2.11. The van der Waals surface area contributed by atoms with Crippen molar-refractivity contribution in [3.63, 3.8) is 0 Å². The number of amides is 1. The molecule has 4 N–H and O–H groups in total. The minimum Gasteiger partial charge on any atom is -0.497 e. The molecule has 1 unspecified atom stereocenters. The van der Waals surface area contributed by atoms with E-state index in [-0.39, 0.29) is 52.4 Å². The Morgan fingerprint density at radius 2 is 1.73 bits per heavy atom. The van der Waals surface area contributed by atoms with Crippen LogP contribution in [0.5, 0.6) is 23.0 Å². The third-order valence-corrected chi connectivity index (χ3v) is 9.22. The van der Waals surface area contributed by atoms with Gasteiger partial charge >= 0.3 is 6.18 Å². The summed E-state index contributed by atoms with van der Waals surface area (Å²) in [6, 6.07) is 11.7. The number of nitrogens with two attached hydrogens (primary N) is 1. The average molecular weight is 820 g/mol. The molecule has 4 aromatic carbocycles. The highest BCUT2D eigenvalue weighted by molar-refractivity contribution is 14.2. The second-order valence-electron chi connectivity index (χ2n) is 10.2. The Kier molecular flexibility index (Phi) is 10.8. The van der Waals surface area contributed by atoms with E-state index < -0.39 is 34.8 Å². The Labute approximate surface area is 290 Å². The van der Waals surface area contributed by atoms with E-state index in [1.165, 1.54) is 26.4 Å². The summed E-state index contributed by atoms with van der Waals surface area (Å²) < 4.78 is 87.2. The molecule has 48 heavy (non-hydrogen) atoms. The van der Waals surface area contributed by atoms with Crippen LogP contribution in [0.25, 0.3) is 10.9 Å². The van der Waals surface area contributed by atoms with Crippen LogP contribution in [0.1, 0.15) is 27.0 Å². The van der Waals surface area contributed by atoms with Crippen molar-refractivity contribution in [1.82, 2.24) is 14.9 Å². The summed E-state index contributed by atoms with van der Waals surface area (Å²) in [7, 11) is 3.06. The molecule has 9 nitrogen and oxygen atoms in total. The molecule has 0 saturated heterocycles. The Balaban J connectivity index is 1.62. The number of nitrogens with zero attached hydrogens (tertiary/aromatic N) is 2. The van der Waals surface area contributed by atoms with Crippen molar-refractivity contribution >= 4 is 68.3 Å². The molecule has 1 heterocycles. The molecule has 0 radical (unpaired) electrons. The maximum absolute atomic E-state index is 14.2. The zero-order valence-electron chi connectivity index (χ0n) is 24.9. The van der Waals surface area contributed by atoms with Crippen molar-refractivity contribution in [2.24, 2.45) is 0 Å². The fourth-order valence-corrected chi connectivity index (χ4v) is 6.56. The number of halogens is 7. The van der Waals surface area contributed by atoms with Crippen molar-refractivity contribution in [3.8, 4) is 23.0 Å². The average Bonchev–Trinajstić information content (AvgIpc) is 3.39. The molecule has 0 fully saturated rings. The first-order chi connectivity index (χ1) is 22.8. The summed E-state index contributed by atoms with van der Waals surface area (Å²) in [4.78, 5) is 13.4. The van der Waals surface area contributed by atoms with E-state index in [1.807, 2.05) is 6.07 Å². The zero-order valence-corrected chi connectivity index (χ0v) is 28.9. The Hall–Kier alpha value is -3.92. The number of hydrogen-bond acceptors (Lipinski definition) is 7. The number of ether oxygens (including phenoxy) is 3. The molecule has 1 aromatic heterocycles. The maximum atomic E-state index is 14.2. The minimum absolute atomic E-state index is 0.0164. The minimum atomic E-state index is -4.91. The van der Waals surface area contributed by atoms with Crippen molar-refractivity contribution in [2.75, 3.05) is 25.3 Å². The van der Waals surface area contributed by atoms with Gasteiger partial charge in [0.1, 0.15) is 28.9 Å². The second kappa shape index (κ2) is 14.7. The molecular weight excluding hydrogens is 795 g/mol. The van der Waals surface area contributed by atoms with Crippen LogP contribution in [0.15, 0.2) is 60.7 Å². The Morgan fingerprint density at radius 3 is 2.42 bits per heavy atom. The number of hydrogen-bond donors (Lipinski definition) is 3. The monoisotopic (exact) mass is 819 g/mol. The van der Waals surface area contributed by atoms with Gasteiger partial charge in [-0.05, 0) is 70.1 Å². The highest BCUT2D eigenvalue weighted by Gasteiger charge is 2.32. The van der Waals surface area contributed by atoms with E-state index in [0.717, 1.165) is 17.7 Å². The predicted molar refractivity (Wildman–Crippen MR) is 183 cm³/mol. The van der Waals surface area contributed by atoms with Gasteiger partial charge in [-0.2, -0.15) is 18.3 Å². The second-order valence-corrected chi connectivity index (χ2v) is 12.6. The van der Waals surface area contributed by atoms with Gasteiger partial charge < -0.3 is 30.6 Å². The molecule has 1 atom stereocenters. The lowest BCUT2D eigenvalue weighted by atomic mass is 10.1. The first-order valence-corrected chi connectivity index (χ1v) is 18.2. The number of alkyl halides is 3. The number of nitrogen functional groups attached to an aromatic ring is 1. The zero-order chi connectivity index (χ0) is 34.7. The number of fused-ring (bicyclic) bond motifs is 1. The van der Waals surface area contributed by atoms with Crippen molar-refractivity contribution in [3.05, 3.63) is 99.6 Å². The smallest absolute Gasteiger partial charge is 0.416 e. The van der Waals surface area contributed by atoms with Crippen LogP contribution in [0.3, 0.4) is 0 Å². The molecular formula is C31H25ClF5IN5O4P. The lowest BCUT2D eigenvalue weighted by Crippen LogP contribution is -2.17. The summed E-state index contributed by atoms with van der Waals surface area (Å²) >= 11 is 8.40. The first-order valence-electron chi connectivity index (χ1n) is 13.8. The number of methoxy groups -OCH3 is 2. The molecule has 1 amide bonds. The van der Waals surface area contributed by atoms with Gasteiger partial charge in [0.15, 0.2) is 11.6 Å². The van der Waals surface area contributed by atoms with Gasteiger partial charge in [0.2, 0.25) is 0 Å². The molecule has 0 bridgehead atoms. The number of benzene rings is 4. The van der Waals surface area contributed by atoms with Gasteiger partial charge in [-0.25, -0.2) is 13.2 Å². The lowest BCUT2D eigenvalue weighted by molar-refractivity contribution is -0.137. The van der Waals surface area contributed by atoms with Crippen LogP contribution in [-0.2, 0) is 19.3 Å². The molecule has 0 saturated carbocycles. The standard InChI is InChI=1S/C31H25ClF5IN5O4P/c1-45-21-5-3-15(24(12-21)46-2)13-40-14-17-9-23(41-30(44)16-7-18(31(35,36)37)10-20(34)8-16)28(26-27(17)43(48-38)42-29(26)39)47-25-11-19(33)4-6-22(25)32/h3-12,40,48H,13-14H2,1-2H3,(H2,39,42)(H,41,44). The summed E-state index contributed by atoms with van der Waals surface area (Å²) in [5.41, 5.74) is 6.19. The number of aromatic nitrogens is 2. The van der Waals surface area contributed by atoms with Crippen molar-refractivity contribution in [1.29, 1.82) is 0 Å². The Morgan fingerprint density at radius 1 is 0.979 bits per heavy atom. The van der Waals surface area contributed by atoms with Crippen LogP contribution in [0.4, 0.5) is 33.5 Å². The fourth-order valence-electron chi connectivity index (χ4n) is 4.87. The summed E-state index contributed by atoms with van der Waals surface area (Å²) in [6.07, 6.45) is -4.86. The fraction of sp³-hybridized carbons (Fsp3) is 0.161.